The number of oxime groups is 1. The Hall–Kier alpha value is -1.00. The standard InChI is InChI=1S/C14H18N2OS/c17-15-14-12-7-16(8-13(14)10-18-9-12)6-11-4-2-1-3-5-11/h1-5,12-13,17H,6-10H2/t12-,13-/m1/s1. The number of piperidine rings is 1. The van der Waals surface area contributed by atoms with Gasteiger partial charge >= 0.3 is 0 Å². The zero-order valence-corrected chi connectivity index (χ0v) is 11.1. The van der Waals surface area contributed by atoms with Crippen LogP contribution in [0.25, 0.3) is 0 Å². The molecule has 3 nitrogen and oxygen atoms in total. The van der Waals surface area contributed by atoms with E-state index in [2.05, 4.69) is 40.4 Å². The number of likely N-dealkylation sites (tertiary alicyclic amines) is 1. The van der Waals surface area contributed by atoms with Gasteiger partial charge in [0.1, 0.15) is 0 Å². The normalized spacial score (nSPS) is 28.1. The van der Waals surface area contributed by atoms with Gasteiger partial charge in [0.05, 0.1) is 5.71 Å². The Labute approximate surface area is 112 Å². The van der Waals surface area contributed by atoms with E-state index in [4.69, 9.17) is 5.21 Å². The van der Waals surface area contributed by atoms with Gasteiger partial charge in [-0.05, 0) is 5.56 Å². The molecule has 2 saturated heterocycles. The van der Waals surface area contributed by atoms with Crippen molar-refractivity contribution in [1.82, 2.24) is 4.90 Å². The smallest absolute Gasteiger partial charge is 0.0674 e. The third-order valence-corrected chi connectivity index (χ3v) is 5.07. The third kappa shape index (κ3) is 2.40. The fraction of sp³-hybridized carbons (Fsp3) is 0.500. The summed E-state index contributed by atoms with van der Waals surface area (Å²) >= 11 is 2.00. The fourth-order valence-corrected chi connectivity index (χ4v) is 4.24. The second-order valence-corrected chi connectivity index (χ2v) is 6.21. The first kappa shape index (κ1) is 12.1. The molecule has 2 aliphatic heterocycles. The van der Waals surface area contributed by atoms with Crippen LogP contribution in [0.1, 0.15) is 5.56 Å². The number of rotatable bonds is 2. The second kappa shape index (κ2) is 5.33. The summed E-state index contributed by atoms with van der Waals surface area (Å²) in [6.07, 6.45) is 0. The molecule has 2 atom stereocenters. The third-order valence-electron chi connectivity index (χ3n) is 3.80. The molecule has 2 fully saturated rings. The zero-order valence-electron chi connectivity index (χ0n) is 10.3. The lowest BCUT2D eigenvalue weighted by atomic mass is 9.88. The van der Waals surface area contributed by atoms with Crippen molar-refractivity contribution in [2.45, 2.75) is 6.54 Å². The molecule has 0 saturated carbocycles. The van der Waals surface area contributed by atoms with Crippen molar-refractivity contribution in [3.63, 3.8) is 0 Å². The lowest BCUT2D eigenvalue weighted by Crippen LogP contribution is -2.50. The van der Waals surface area contributed by atoms with Crippen molar-refractivity contribution < 1.29 is 5.21 Å². The van der Waals surface area contributed by atoms with Gasteiger partial charge in [-0.1, -0.05) is 35.5 Å². The predicted molar refractivity (Wildman–Crippen MR) is 75.2 cm³/mol. The van der Waals surface area contributed by atoms with E-state index in [9.17, 15) is 0 Å². The highest BCUT2D eigenvalue weighted by Gasteiger charge is 2.37. The molecule has 1 aromatic rings. The van der Waals surface area contributed by atoms with Crippen LogP contribution in [0.4, 0.5) is 0 Å². The Bertz CT molecular complexity index is 419. The van der Waals surface area contributed by atoms with E-state index in [0.717, 1.165) is 36.9 Å². The first-order chi connectivity index (χ1) is 8.86. The molecule has 0 amide bonds. The van der Waals surface area contributed by atoms with Crippen molar-refractivity contribution in [1.29, 1.82) is 0 Å². The molecule has 96 valence electrons. The number of thioether (sulfide) groups is 1. The highest BCUT2D eigenvalue weighted by Crippen LogP contribution is 2.31. The Morgan fingerprint density at radius 3 is 2.44 bits per heavy atom. The van der Waals surface area contributed by atoms with Crippen LogP contribution in [0.3, 0.4) is 0 Å². The van der Waals surface area contributed by atoms with Crippen molar-refractivity contribution in [2.24, 2.45) is 17.0 Å². The molecule has 4 heteroatoms. The molecule has 1 aromatic carbocycles. The van der Waals surface area contributed by atoms with Gasteiger partial charge in [0.15, 0.2) is 0 Å². The van der Waals surface area contributed by atoms with Gasteiger partial charge in [0.25, 0.3) is 0 Å². The van der Waals surface area contributed by atoms with Crippen LogP contribution in [0.5, 0.6) is 0 Å². The van der Waals surface area contributed by atoms with Crippen LogP contribution in [0, 0.1) is 11.8 Å². The van der Waals surface area contributed by atoms with Crippen LogP contribution in [-0.2, 0) is 6.54 Å². The summed E-state index contributed by atoms with van der Waals surface area (Å²) in [5.74, 6) is 3.08. The largest absolute Gasteiger partial charge is 0.411 e. The SMILES string of the molecule is ON=C1[C@H]2CSC[C@H]1CN(Cc1ccccc1)C2. The fourth-order valence-electron chi connectivity index (χ4n) is 2.98. The molecule has 2 aliphatic rings. The van der Waals surface area contributed by atoms with Gasteiger partial charge in [-0.3, -0.25) is 4.90 Å². The molecule has 1 N–H and O–H groups in total. The molecule has 0 spiro atoms. The summed E-state index contributed by atoms with van der Waals surface area (Å²) in [6, 6.07) is 10.6. The number of hydrogen-bond donors (Lipinski definition) is 1. The molecule has 0 aliphatic carbocycles. The van der Waals surface area contributed by atoms with E-state index < -0.39 is 0 Å². The number of hydrogen-bond acceptors (Lipinski definition) is 4. The van der Waals surface area contributed by atoms with E-state index in [1.807, 2.05) is 11.8 Å². The monoisotopic (exact) mass is 262 g/mol. The molecular formula is C14H18N2OS. The zero-order chi connectivity index (χ0) is 12.4. The minimum atomic E-state index is 0.441. The van der Waals surface area contributed by atoms with E-state index >= 15 is 0 Å². The average molecular weight is 262 g/mol. The first-order valence-electron chi connectivity index (χ1n) is 6.42. The molecule has 0 unspecified atom stereocenters. The van der Waals surface area contributed by atoms with Crippen LogP contribution in [0.2, 0.25) is 0 Å². The molecule has 2 bridgehead atoms. The van der Waals surface area contributed by atoms with E-state index in [-0.39, 0.29) is 0 Å². The van der Waals surface area contributed by atoms with Crippen molar-refractivity contribution in [3.8, 4) is 0 Å². The summed E-state index contributed by atoms with van der Waals surface area (Å²) in [5, 5.41) is 12.7. The molecular weight excluding hydrogens is 244 g/mol. The van der Waals surface area contributed by atoms with Gasteiger partial charge in [-0.2, -0.15) is 11.8 Å². The lowest BCUT2D eigenvalue weighted by Gasteiger charge is -2.41. The van der Waals surface area contributed by atoms with E-state index in [1.165, 1.54) is 5.56 Å². The predicted octanol–water partition coefficient (Wildman–Crippen LogP) is 2.31. The Morgan fingerprint density at radius 1 is 1.17 bits per heavy atom. The lowest BCUT2D eigenvalue weighted by molar-refractivity contribution is 0.201. The molecule has 0 radical (unpaired) electrons. The summed E-state index contributed by atoms with van der Waals surface area (Å²) < 4.78 is 0. The van der Waals surface area contributed by atoms with Crippen LogP contribution in [-0.4, -0.2) is 40.4 Å². The summed E-state index contributed by atoms with van der Waals surface area (Å²) in [5.41, 5.74) is 2.41. The number of benzene rings is 1. The topological polar surface area (TPSA) is 35.8 Å². The van der Waals surface area contributed by atoms with Crippen molar-refractivity contribution in [2.75, 3.05) is 24.6 Å². The molecule has 0 aromatic heterocycles. The van der Waals surface area contributed by atoms with Crippen molar-refractivity contribution in [3.05, 3.63) is 35.9 Å². The van der Waals surface area contributed by atoms with Gasteiger partial charge in [-0.15, -0.1) is 0 Å². The highest BCUT2D eigenvalue weighted by atomic mass is 32.2. The average Bonchev–Trinajstić information content (AvgIpc) is 2.39. The van der Waals surface area contributed by atoms with Gasteiger partial charge in [0.2, 0.25) is 0 Å². The van der Waals surface area contributed by atoms with Crippen molar-refractivity contribution >= 4 is 17.5 Å². The Balaban J connectivity index is 1.70. The molecule has 2 heterocycles. The number of nitrogens with zero attached hydrogens (tertiary/aromatic N) is 2. The minimum Gasteiger partial charge on any atom is -0.411 e. The molecule has 3 rings (SSSR count). The van der Waals surface area contributed by atoms with Gasteiger partial charge < -0.3 is 5.21 Å². The first-order valence-corrected chi connectivity index (χ1v) is 7.58. The van der Waals surface area contributed by atoms with Crippen LogP contribution >= 0.6 is 11.8 Å². The molecule has 18 heavy (non-hydrogen) atoms. The van der Waals surface area contributed by atoms with E-state index in [0.29, 0.717) is 11.8 Å². The van der Waals surface area contributed by atoms with Crippen LogP contribution in [0.15, 0.2) is 35.5 Å². The maximum atomic E-state index is 9.13. The number of fused-ring (bicyclic) bond motifs is 2. The Kier molecular flexibility index (Phi) is 3.57. The van der Waals surface area contributed by atoms with Crippen LogP contribution < -0.4 is 0 Å². The van der Waals surface area contributed by atoms with Gasteiger partial charge in [-0.25, -0.2) is 0 Å². The summed E-state index contributed by atoms with van der Waals surface area (Å²) in [6.45, 7) is 3.06. The maximum Gasteiger partial charge on any atom is 0.0674 e. The highest BCUT2D eigenvalue weighted by molar-refractivity contribution is 7.99. The quantitative estimate of drug-likeness (QED) is 0.656. The van der Waals surface area contributed by atoms with E-state index in [1.54, 1.807) is 0 Å². The minimum absolute atomic E-state index is 0.441. The Morgan fingerprint density at radius 2 is 1.83 bits per heavy atom. The summed E-state index contributed by atoms with van der Waals surface area (Å²) in [4.78, 5) is 2.50. The maximum absolute atomic E-state index is 9.13. The second-order valence-electron chi connectivity index (χ2n) is 5.14. The summed E-state index contributed by atoms with van der Waals surface area (Å²) in [7, 11) is 0. The van der Waals surface area contributed by atoms with Gasteiger partial charge in [0, 0.05) is 43.0 Å².